The van der Waals surface area contributed by atoms with Gasteiger partial charge in [-0.15, -0.1) is 0 Å². The number of rotatable bonds is 0. The van der Waals surface area contributed by atoms with Crippen LogP contribution in [0, 0.1) is 5.41 Å². The largest absolute Gasteiger partial charge is 0.350 e. The molecule has 2 rings (SSSR count). The molecule has 2 aliphatic heterocycles. The second-order valence-electron chi connectivity index (χ2n) is 5.39. The second-order valence-corrected chi connectivity index (χ2v) is 5.39. The molecule has 2 atom stereocenters. The molecule has 0 radical (unpaired) electrons. The highest BCUT2D eigenvalue weighted by atomic mass is 16.7. The molecule has 76 valence electrons. The minimum Gasteiger partial charge on any atom is -0.350 e. The third kappa shape index (κ3) is 1.75. The third-order valence-corrected chi connectivity index (χ3v) is 3.14. The fourth-order valence-corrected chi connectivity index (χ4v) is 2.10. The van der Waals surface area contributed by atoms with Crippen molar-refractivity contribution in [2.75, 3.05) is 6.61 Å². The van der Waals surface area contributed by atoms with Crippen LogP contribution in [0.2, 0.25) is 0 Å². The summed E-state index contributed by atoms with van der Waals surface area (Å²) in [7, 11) is 0. The maximum Gasteiger partial charge on any atom is 0.171 e. The number of ether oxygens (including phenoxy) is 2. The van der Waals surface area contributed by atoms with E-state index in [1.54, 1.807) is 0 Å². The van der Waals surface area contributed by atoms with Crippen molar-refractivity contribution in [3.63, 3.8) is 0 Å². The molecule has 0 bridgehead atoms. The van der Waals surface area contributed by atoms with Crippen LogP contribution in [0.25, 0.3) is 0 Å². The van der Waals surface area contributed by atoms with Gasteiger partial charge in [-0.3, -0.25) is 0 Å². The lowest BCUT2D eigenvalue weighted by Crippen LogP contribution is -2.58. The first kappa shape index (κ1) is 9.47. The van der Waals surface area contributed by atoms with E-state index in [1.807, 2.05) is 0 Å². The Morgan fingerprint density at radius 1 is 1.23 bits per heavy atom. The molecule has 0 N–H and O–H groups in total. The maximum atomic E-state index is 5.91. The third-order valence-electron chi connectivity index (χ3n) is 3.14. The smallest absolute Gasteiger partial charge is 0.171 e. The summed E-state index contributed by atoms with van der Waals surface area (Å²) in [6, 6.07) is 0. The average molecular weight is 184 g/mol. The van der Waals surface area contributed by atoms with Gasteiger partial charge in [0.05, 0.1) is 12.7 Å². The van der Waals surface area contributed by atoms with E-state index >= 15 is 0 Å². The first-order valence-corrected chi connectivity index (χ1v) is 5.34. The molecular weight excluding hydrogens is 164 g/mol. The monoisotopic (exact) mass is 184 g/mol. The van der Waals surface area contributed by atoms with E-state index < -0.39 is 0 Å². The van der Waals surface area contributed by atoms with Crippen LogP contribution in [-0.4, -0.2) is 18.5 Å². The van der Waals surface area contributed by atoms with Crippen molar-refractivity contribution in [2.24, 2.45) is 5.41 Å². The Morgan fingerprint density at radius 3 is 2.38 bits per heavy atom. The van der Waals surface area contributed by atoms with E-state index in [4.69, 9.17) is 9.47 Å². The predicted molar refractivity (Wildman–Crippen MR) is 51.5 cm³/mol. The van der Waals surface area contributed by atoms with Crippen LogP contribution in [0.15, 0.2) is 0 Å². The highest BCUT2D eigenvalue weighted by molar-refractivity contribution is 4.93. The van der Waals surface area contributed by atoms with Crippen LogP contribution in [0.1, 0.15) is 46.5 Å². The van der Waals surface area contributed by atoms with Gasteiger partial charge in [0.2, 0.25) is 0 Å². The van der Waals surface area contributed by atoms with Crippen molar-refractivity contribution >= 4 is 0 Å². The Kier molecular flexibility index (Phi) is 2.16. The van der Waals surface area contributed by atoms with Gasteiger partial charge in [0.15, 0.2) is 5.79 Å². The summed E-state index contributed by atoms with van der Waals surface area (Å²) in [5.41, 5.74) is 0.270. The molecule has 0 saturated carbocycles. The van der Waals surface area contributed by atoms with Gasteiger partial charge >= 0.3 is 0 Å². The topological polar surface area (TPSA) is 18.5 Å². The molecule has 13 heavy (non-hydrogen) atoms. The molecule has 2 unspecified atom stereocenters. The van der Waals surface area contributed by atoms with Crippen molar-refractivity contribution in [1.82, 2.24) is 0 Å². The van der Waals surface area contributed by atoms with Crippen molar-refractivity contribution in [2.45, 2.75) is 58.3 Å². The van der Waals surface area contributed by atoms with Crippen LogP contribution >= 0.6 is 0 Å². The lowest BCUT2D eigenvalue weighted by atomic mass is 9.79. The van der Waals surface area contributed by atoms with Crippen LogP contribution in [-0.2, 0) is 9.47 Å². The maximum absolute atomic E-state index is 5.91. The standard InChI is InChI=1S/C11H20O2/c1-10(2,3)9-8-11(13-9)6-4-5-7-12-11/h9H,4-8H2,1-3H3. The Labute approximate surface area is 80.6 Å². The fourth-order valence-electron chi connectivity index (χ4n) is 2.10. The molecule has 2 nitrogen and oxygen atoms in total. The molecule has 0 aliphatic carbocycles. The molecule has 2 heteroatoms. The number of hydrogen-bond donors (Lipinski definition) is 0. The van der Waals surface area contributed by atoms with Crippen molar-refractivity contribution in [1.29, 1.82) is 0 Å². The normalized spacial score (nSPS) is 40.4. The Hall–Kier alpha value is -0.0800. The van der Waals surface area contributed by atoms with Gasteiger partial charge in [-0.2, -0.15) is 0 Å². The summed E-state index contributed by atoms with van der Waals surface area (Å²) in [5, 5.41) is 0. The zero-order chi connectivity index (χ0) is 9.53. The zero-order valence-corrected chi connectivity index (χ0v) is 8.93. The van der Waals surface area contributed by atoms with Gasteiger partial charge in [0.25, 0.3) is 0 Å². The molecule has 2 fully saturated rings. The molecule has 2 aliphatic rings. The van der Waals surface area contributed by atoms with Crippen molar-refractivity contribution < 1.29 is 9.47 Å². The summed E-state index contributed by atoms with van der Waals surface area (Å²) in [6.45, 7) is 7.57. The minimum absolute atomic E-state index is 0.170. The van der Waals surface area contributed by atoms with Gasteiger partial charge < -0.3 is 9.47 Å². The van der Waals surface area contributed by atoms with Crippen LogP contribution in [0.5, 0.6) is 0 Å². The summed E-state index contributed by atoms with van der Waals surface area (Å²) in [4.78, 5) is 0. The van der Waals surface area contributed by atoms with E-state index in [9.17, 15) is 0 Å². The highest BCUT2D eigenvalue weighted by Crippen LogP contribution is 2.46. The first-order valence-electron chi connectivity index (χ1n) is 5.34. The molecule has 2 saturated heterocycles. The SMILES string of the molecule is CC(C)(C)C1CC2(CCCCO2)O1. The lowest BCUT2D eigenvalue weighted by molar-refractivity contribution is -0.371. The molecule has 0 aromatic carbocycles. The average Bonchev–Trinajstić information content (AvgIpc) is 2.00. The Morgan fingerprint density at radius 2 is 1.92 bits per heavy atom. The van der Waals surface area contributed by atoms with Crippen LogP contribution in [0.4, 0.5) is 0 Å². The van der Waals surface area contributed by atoms with Crippen LogP contribution in [0.3, 0.4) is 0 Å². The van der Waals surface area contributed by atoms with Crippen LogP contribution < -0.4 is 0 Å². The van der Waals surface area contributed by atoms with E-state index in [2.05, 4.69) is 20.8 Å². The van der Waals surface area contributed by atoms with Crippen molar-refractivity contribution in [3.8, 4) is 0 Å². The zero-order valence-electron chi connectivity index (χ0n) is 8.93. The van der Waals surface area contributed by atoms with Crippen molar-refractivity contribution in [3.05, 3.63) is 0 Å². The summed E-state index contributed by atoms with van der Waals surface area (Å²) in [6.07, 6.45) is 5.05. The van der Waals surface area contributed by atoms with Gasteiger partial charge in [-0.25, -0.2) is 0 Å². The van der Waals surface area contributed by atoms with E-state index in [0.717, 1.165) is 19.4 Å². The summed E-state index contributed by atoms with van der Waals surface area (Å²) < 4.78 is 11.6. The van der Waals surface area contributed by atoms with Gasteiger partial charge in [-0.1, -0.05) is 20.8 Å². The lowest BCUT2D eigenvalue weighted by Gasteiger charge is -2.53. The van der Waals surface area contributed by atoms with Gasteiger partial charge in [0.1, 0.15) is 0 Å². The quantitative estimate of drug-likeness (QED) is 0.576. The molecule has 1 spiro atoms. The predicted octanol–water partition coefficient (Wildman–Crippen LogP) is 2.72. The van der Waals surface area contributed by atoms with E-state index in [1.165, 1.54) is 12.8 Å². The first-order chi connectivity index (χ1) is 6.02. The summed E-state index contributed by atoms with van der Waals surface area (Å²) in [5.74, 6) is -0.170. The Bertz CT molecular complexity index is 179. The van der Waals surface area contributed by atoms with Gasteiger partial charge in [0, 0.05) is 12.8 Å². The molecule has 0 aromatic heterocycles. The molecular formula is C11H20O2. The van der Waals surface area contributed by atoms with E-state index in [-0.39, 0.29) is 11.2 Å². The summed E-state index contributed by atoms with van der Waals surface area (Å²) >= 11 is 0. The van der Waals surface area contributed by atoms with E-state index in [0.29, 0.717) is 6.10 Å². The molecule has 0 aromatic rings. The Balaban J connectivity index is 1.88. The number of hydrogen-bond acceptors (Lipinski definition) is 2. The highest BCUT2D eigenvalue weighted by Gasteiger charge is 2.51. The van der Waals surface area contributed by atoms with Gasteiger partial charge in [-0.05, 0) is 18.3 Å². The molecule has 2 heterocycles. The fraction of sp³-hybridized carbons (Fsp3) is 1.00. The minimum atomic E-state index is -0.170. The molecule has 0 amide bonds. The second kappa shape index (κ2) is 2.96.